The zero-order valence-electron chi connectivity index (χ0n) is 12.1. The second kappa shape index (κ2) is 6.10. The molecule has 0 bridgehead atoms. The first-order valence-electron chi connectivity index (χ1n) is 7.29. The minimum Gasteiger partial charge on any atom is -0.360 e. The van der Waals surface area contributed by atoms with Gasteiger partial charge in [0.25, 0.3) is 5.91 Å². The monoisotopic (exact) mass is 285 g/mol. The van der Waals surface area contributed by atoms with E-state index in [1.54, 1.807) is 6.92 Å². The maximum Gasteiger partial charge on any atom is 0.257 e. The van der Waals surface area contributed by atoms with Crippen molar-refractivity contribution in [3.8, 4) is 11.3 Å². The van der Waals surface area contributed by atoms with Crippen LogP contribution in [0.25, 0.3) is 11.3 Å². The summed E-state index contributed by atoms with van der Waals surface area (Å²) in [5, 5.41) is 10.4. The minimum atomic E-state index is -0.124. The Bertz CT molecular complexity index is 616. The van der Waals surface area contributed by atoms with Crippen molar-refractivity contribution >= 4 is 5.91 Å². The number of nitrogens with one attached hydrogen (secondary N) is 2. The number of aromatic nitrogens is 1. The van der Waals surface area contributed by atoms with Gasteiger partial charge in [0.2, 0.25) is 0 Å². The lowest BCUT2D eigenvalue weighted by Crippen LogP contribution is -2.37. The Balaban J connectivity index is 1.78. The van der Waals surface area contributed by atoms with E-state index < -0.39 is 0 Å². The van der Waals surface area contributed by atoms with Gasteiger partial charge in [0, 0.05) is 18.2 Å². The van der Waals surface area contributed by atoms with Crippen molar-refractivity contribution in [1.82, 2.24) is 15.8 Å². The molecule has 1 amide bonds. The molecule has 2 heterocycles. The van der Waals surface area contributed by atoms with Crippen LogP contribution in [0.3, 0.4) is 0 Å². The summed E-state index contributed by atoms with van der Waals surface area (Å²) in [6.07, 6.45) is 2.27. The lowest BCUT2D eigenvalue weighted by Gasteiger charge is -2.11. The van der Waals surface area contributed by atoms with Crippen molar-refractivity contribution in [2.75, 3.05) is 13.1 Å². The second-order valence-corrected chi connectivity index (χ2v) is 5.33. The minimum absolute atomic E-state index is 0.124. The van der Waals surface area contributed by atoms with Gasteiger partial charge in [-0.3, -0.25) is 4.79 Å². The molecule has 1 aliphatic heterocycles. The molecule has 1 saturated heterocycles. The van der Waals surface area contributed by atoms with E-state index in [0.717, 1.165) is 18.5 Å². The van der Waals surface area contributed by atoms with Crippen molar-refractivity contribution in [2.24, 2.45) is 0 Å². The van der Waals surface area contributed by atoms with Crippen LogP contribution in [-0.4, -0.2) is 30.2 Å². The van der Waals surface area contributed by atoms with Crippen molar-refractivity contribution < 1.29 is 9.32 Å². The van der Waals surface area contributed by atoms with Crippen LogP contribution in [0.5, 0.6) is 0 Å². The maximum absolute atomic E-state index is 12.4. The summed E-state index contributed by atoms with van der Waals surface area (Å²) in [7, 11) is 0. The van der Waals surface area contributed by atoms with Crippen LogP contribution in [0.2, 0.25) is 0 Å². The first-order valence-corrected chi connectivity index (χ1v) is 7.29. The summed E-state index contributed by atoms with van der Waals surface area (Å²) in [6, 6.07) is 9.99. The summed E-state index contributed by atoms with van der Waals surface area (Å²) in [4.78, 5) is 12.4. The third-order valence-corrected chi connectivity index (χ3v) is 3.81. The molecule has 21 heavy (non-hydrogen) atoms. The van der Waals surface area contributed by atoms with Gasteiger partial charge in [-0.2, -0.15) is 0 Å². The molecular formula is C16H19N3O2. The molecule has 3 rings (SSSR count). The molecule has 0 saturated carbocycles. The van der Waals surface area contributed by atoms with E-state index in [-0.39, 0.29) is 5.91 Å². The highest BCUT2D eigenvalue weighted by atomic mass is 16.5. The van der Waals surface area contributed by atoms with Crippen molar-refractivity contribution in [3.05, 3.63) is 41.7 Å². The van der Waals surface area contributed by atoms with Crippen molar-refractivity contribution in [2.45, 2.75) is 25.8 Å². The molecule has 1 aliphatic rings. The summed E-state index contributed by atoms with van der Waals surface area (Å²) in [6.45, 7) is 3.43. The van der Waals surface area contributed by atoms with E-state index in [0.29, 0.717) is 29.6 Å². The Labute approximate surface area is 123 Å². The average Bonchev–Trinajstić information content (AvgIpc) is 3.15. The van der Waals surface area contributed by atoms with E-state index in [9.17, 15) is 4.79 Å². The Morgan fingerprint density at radius 2 is 2.24 bits per heavy atom. The van der Waals surface area contributed by atoms with Crippen LogP contribution in [0.15, 0.2) is 34.9 Å². The molecule has 0 aliphatic carbocycles. The van der Waals surface area contributed by atoms with Gasteiger partial charge in [0.15, 0.2) is 0 Å². The van der Waals surface area contributed by atoms with Crippen molar-refractivity contribution in [3.63, 3.8) is 0 Å². The molecule has 110 valence electrons. The number of nitrogens with zero attached hydrogens (tertiary/aromatic N) is 1. The highest BCUT2D eigenvalue weighted by Crippen LogP contribution is 2.24. The SMILES string of the molecule is Cc1onc(-c2ccccc2)c1C(=O)NCC1CCCN1. The fourth-order valence-electron chi connectivity index (χ4n) is 2.67. The highest BCUT2D eigenvalue weighted by Gasteiger charge is 2.22. The molecule has 1 aromatic carbocycles. The number of hydrogen-bond donors (Lipinski definition) is 2. The van der Waals surface area contributed by atoms with Crippen LogP contribution in [0, 0.1) is 6.92 Å². The standard InChI is InChI=1S/C16H19N3O2/c1-11-14(16(20)18-10-13-8-5-9-17-13)15(19-21-11)12-6-3-2-4-7-12/h2-4,6-7,13,17H,5,8-10H2,1H3,(H,18,20). The normalized spacial score (nSPS) is 17.9. The Morgan fingerprint density at radius 1 is 1.43 bits per heavy atom. The zero-order valence-corrected chi connectivity index (χ0v) is 12.1. The summed E-state index contributed by atoms with van der Waals surface area (Å²) in [5.41, 5.74) is 2.02. The van der Waals surface area contributed by atoms with Gasteiger partial charge < -0.3 is 15.2 Å². The Morgan fingerprint density at radius 3 is 2.95 bits per heavy atom. The zero-order chi connectivity index (χ0) is 14.7. The molecule has 1 atom stereocenters. The van der Waals surface area contributed by atoms with Crippen LogP contribution >= 0.6 is 0 Å². The highest BCUT2D eigenvalue weighted by molar-refractivity contribution is 6.00. The average molecular weight is 285 g/mol. The topological polar surface area (TPSA) is 67.2 Å². The quantitative estimate of drug-likeness (QED) is 0.903. The first kappa shape index (κ1) is 13.8. The van der Waals surface area contributed by atoms with Crippen molar-refractivity contribution in [1.29, 1.82) is 0 Å². The molecule has 2 aromatic rings. The maximum atomic E-state index is 12.4. The van der Waals surface area contributed by atoms with Gasteiger partial charge >= 0.3 is 0 Å². The number of carbonyl (C=O) groups is 1. The van der Waals surface area contributed by atoms with E-state index in [4.69, 9.17) is 4.52 Å². The summed E-state index contributed by atoms with van der Waals surface area (Å²) >= 11 is 0. The third kappa shape index (κ3) is 2.97. The van der Waals surface area contributed by atoms with Gasteiger partial charge in [0.05, 0.1) is 0 Å². The third-order valence-electron chi connectivity index (χ3n) is 3.81. The fourth-order valence-corrected chi connectivity index (χ4v) is 2.67. The molecule has 0 spiro atoms. The Kier molecular flexibility index (Phi) is 4.01. The predicted octanol–water partition coefficient (Wildman–Crippen LogP) is 2.13. The molecule has 5 heteroatoms. The van der Waals surface area contributed by atoms with E-state index in [2.05, 4.69) is 15.8 Å². The summed E-state index contributed by atoms with van der Waals surface area (Å²) < 4.78 is 5.22. The molecule has 5 nitrogen and oxygen atoms in total. The number of rotatable bonds is 4. The van der Waals surface area contributed by atoms with Gasteiger partial charge in [-0.05, 0) is 26.3 Å². The van der Waals surface area contributed by atoms with E-state index >= 15 is 0 Å². The Hall–Kier alpha value is -2.14. The molecule has 2 N–H and O–H groups in total. The van der Waals surface area contributed by atoms with Crippen LogP contribution in [0.4, 0.5) is 0 Å². The van der Waals surface area contributed by atoms with Gasteiger partial charge in [0.1, 0.15) is 17.0 Å². The number of carbonyl (C=O) groups excluding carboxylic acids is 1. The molecule has 1 unspecified atom stereocenters. The summed E-state index contributed by atoms with van der Waals surface area (Å²) in [5.74, 6) is 0.423. The van der Waals surface area contributed by atoms with E-state index in [1.165, 1.54) is 6.42 Å². The number of aryl methyl sites for hydroxylation is 1. The van der Waals surface area contributed by atoms with Gasteiger partial charge in [-0.25, -0.2) is 0 Å². The van der Waals surface area contributed by atoms with E-state index in [1.807, 2.05) is 30.3 Å². The van der Waals surface area contributed by atoms with Gasteiger partial charge in [-0.1, -0.05) is 35.5 Å². The lowest BCUT2D eigenvalue weighted by molar-refractivity contribution is 0.0949. The first-order chi connectivity index (χ1) is 10.3. The fraction of sp³-hybridized carbons (Fsp3) is 0.375. The number of benzene rings is 1. The molecule has 0 radical (unpaired) electrons. The van der Waals surface area contributed by atoms with Gasteiger partial charge in [-0.15, -0.1) is 0 Å². The molecular weight excluding hydrogens is 266 g/mol. The number of hydrogen-bond acceptors (Lipinski definition) is 4. The smallest absolute Gasteiger partial charge is 0.257 e. The largest absolute Gasteiger partial charge is 0.360 e. The molecule has 1 aromatic heterocycles. The molecule has 1 fully saturated rings. The van der Waals surface area contributed by atoms with Crippen LogP contribution in [-0.2, 0) is 0 Å². The second-order valence-electron chi connectivity index (χ2n) is 5.33. The lowest BCUT2D eigenvalue weighted by atomic mass is 10.1. The predicted molar refractivity (Wildman–Crippen MR) is 80.0 cm³/mol. The number of amides is 1. The van der Waals surface area contributed by atoms with Crippen LogP contribution < -0.4 is 10.6 Å². The van der Waals surface area contributed by atoms with Crippen LogP contribution in [0.1, 0.15) is 29.0 Å².